The van der Waals surface area contributed by atoms with E-state index in [0.717, 1.165) is 25.7 Å². The molecule has 0 saturated carbocycles. The van der Waals surface area contributed by atoms with Crippen molar-refractivity contribution in [2.24, 2.45) is 41.4 Å². The highest BCUT2D eigenvalue weighted by Crippen LogP contribution is 2.36. The molecule has 0 aliphatic carbocycles. The first-order valence-electron chi connectivity index (χ1n) is 35.3. The lowest BCUT2D eigenvalue weighted by Crippen LogP contribution is -2.46. The Morgan fingerprint density at radius 3 is 1.28 bits per heavy atom. The van der Waals surface area contributed by atoms with Gasteiger partial charge in [-0.25, -0.2) is 9.59 Å². The Morgan fingerprint density at radius 1 is 0.462 bits per heavy atom. The monoisotopic (exact) mass is 1320 g/mol. The molecule has 538 valence electrons. The first kappa shape index (κ1) is 80.9. The zero-order chi connectivity index (χ0) is 68.8. The average Bonchev–Trinajstić information content (AvgIpc) is 0.940. The highest BCUT2D eigenvalue weighted by molar-refractivity contribution is 5.88. The third-order valence-corrected chi connectivity index (χ3v) is 21.3. The van der Waals surface area contributed by atoms with Crippen LogP contribution in [0.5, 0.6) is 0 Å². The van der Waals surface area contributed by atoms with E-state index in [2.05, 4.69) is 0 Å². The lowest BCUT2D eigenvalue weighted by Gasteiger charge is -2.38. The van der Waals surface area contributed by atoms with Gasteiger partial charge in [0.2, 0.25) is 0 Å². The summed E-state index contributed by atoms with van der Waals surface area (Å²) in [6, 6.07) is 0. The molecule has 29 atom stereocenters. The molecule has 93 heavy (non-hydrogen) atoms. The van der Waals surface area contributed by atoms with Crippen molar-refractivity contribution in [3.63, 3.8) is 0 Å². The van der Waals surface area contributed by atoms with Gasteiger partial charge in [-0.15, -0.1) is 0 Å². The Kier molecular flexibility index (Phi) is 35.1. The summed E-state index contributed by atoms with van der Waals surface area (Å²) in [5, 5.41) is 94.3. The number of carbonyl (C=O) groups is 2. The van der Waals surface area contributed by atoms with Gasteiger partial charge >= 0.3 is 11.9 Å². The fourth-order valence-electron chi connectivity index (χ4n) is 14.8. The number of aliphatic hydroxyl groups is 8. The molecule has 5 rings (SSSR count). The topological polar surface area (TPSA) is 288 Å². The molecule has 5 aliphatic rings. The molecule has 5 heterocycles. The third-order valence-electron chi connectivity index (χ3n) is 21.3. The molecular weight excluding hydrogens is 1200 g/mol. The Labute approximate surface area is 557 Å². The Hall–Kier alpha value is -2.74. The normalized spacial score (nSPS) is 39.8. The van der Waals surface area contributed by atoms with E-state index < -0.39 is 127 Å². The zero-order valence-corrected chi connectivity index (χ0v) is 59.1. The summed E-state index contributed by atoms with van der Waals surface area (Å²) in [7, 11) is 6.55. The van der Waals surface area contributed by atoms with Crippen LogP contribution in [0.3, 0.4) is 0 Å². The Bertz CT molecular complexity index is 2280. The molecule has 0 aromatic carbocycles. The number of carbonyl (C=O) groups excluding carboxylic acids is 2. The van der Waals surface area contributed by atoms with Crippen LogP contribution in [0.1, 0.15) is 198 Å². The standard InChI is InChI=1S/C73H126O20/c1-41(24-28-59-37-61(84-12)30-45(5)88-59)68(80)50(10)70-48(8)64(77)35-54(76)34-63(86-14)36-57-20-16-18-55(90-57)32-52(74)26-22-44(4)73(83)93-71(51(11)69(81)42(2)25-29-60-38-62(85-13)31-46(6)89-60)49(9)66(79)40-65(78)47(7)67(87-15)39-58-21-17-19-56(91-58)33-53(75)27-23-43(3)72(82)92-70/h16-19,22-23,41-42,45-71,74-81H,20-21,24-40H2,1-15H3. The Morgan fingerprint density at radius 2 is 0.860 bits per heavy atom. The molecular formula is C73H126O20. The number of hydrogen-bond donors (Lipinski definition) is 8. The van der Waals surface area contributed by atoms with E-state index in [4.69, 9.17) is 47.4 Å². The Balaban J connectivity index is 1.36. The first-order valence-corrected chi connectivity index (χ1v) is 35.3. The van der Waals surface area contributed by atoms with Crippen molar-refractivity contribution in [3.05, 3.63) is 47.6 Å². The highest BCUT2D eigenvalue weighted by atomic mass is 16.6. The van der Waals surface area contributed by atoms with Crippen LogP contribution in [-0.4, -0.2) is 216 Å². The number of ether oxygens (including phenoxy) is 10. The van der Waals surface area contributed by atoms with E-state index in [9.17, 15) is 50.4 Å². The van der Waals surface area contributed by atoms with E-state index in [1.807, 2.05) is 72.8 Å². The molecule has 29 unspecified atom stereocenters. The molecule has 5 aliphatic heterocycles. The second-order valence-corrected chi connectivity index (χ2v) is 29.0. The maximum Gasteiger partial charge on any atom is 0.333 e. The third kappa shape index (κ3) is 26.1. The van der Waals surface area contributed by atoms with Gasteiger partial charge in [0, 0.05) is 94.9 Å². The van der Waals surface area contributed by atoms with E-state index in [0.29, 0.717) is 51.4 Å². The van der Waals surface area contributed by atoms with Gasteiger partial charge in [-0.2, -0.15) is 0 Å². The predicted molar refractivity (Wildman–Crippen MR) is 355 cm³/mol. The number of cyclic esters (lactones) is 2. The number of hydrogen-bond acceptors (Lipinski definition) is 20. The quantitative estimate of drug-likeness (QED) is 0.0529. The minimum atomic E-state index is -1.18. The largest absolute Gasteiger partial charge is 0.458 e. The number of fused-ring (bicyclic) bond motifs is 4. The minimum absolute atomic E-state index is 0.0333. The van der Waals surface area contributed by atoms with Crippen molar-refractivity contribution in [2.45, 2.75) is 332 Å². The number of methoxy groups -OCH3 is 4. The molecule has 0 amide bonds. The van der Waals surface area contributed by atoms with Crippen LogP contribution in [0, 0.1) is 41.4 Å². The van der Waals surface area contributed by atoms with Crippen LogP contribution in [0.4, 0.5) is 0 Å². The van der Waals surface area contributed by atoms with Crippen molar-refractivity contribution in [1.82, 2.24) is 0 Å². The maximum atomic E-state index is 14.2. The molecule has 2 fully saturated rings. The lowest BCUT2D eigenvalue weighted by molar-refractivity contribution is -0.159. The van der Waals surface area contributed by atoms with Crippen LogP contribution in [0.2, 0.25) is 0 Å². The van der Waals surface area contributed by atoms with Crippen molar-refractivity contribution in [3.8, 4) is 0 Å². The van der Waals surface area contributed by atoms with E-state index in [1.54, 1.807) is 68.3 Å². The summed E-state index contributed by atoms with van der Waals surface area (Å²) < 4.78 is 61.3. The zero-order valence-electron chi connectivity index (χ0n) is 59.1. The summed E-state index contributed by atoms with van der Waals surface area (Å²) in [5.41, 5.74) is 0.472. The summed E-state index contributed by atoms with van der Waals surface area (Å²) in [5.74, 6) is -5.09. The van der Waals surface area contributed by atoms with Crippen LogP contribution >= 0.6 is 0 Å². The van der Waals surface area contributed by atoms with Crippen LogP contribution in [0.15, 0.2) is 47.6 Å². The minimum Gasteiger partial charge on any atom is -0.458 e. The van der Waals surface area contributed by atoms with Gasteiger partial charge in [-0.3, -0.25) is 0 Å². The fourth-order valence-corrected chi connectivity index (χ4v) is 14.8. The van der Waals surface area contributed by atoms with Gasteiger partial charge in [0.1, 0.15) is 12.2 Å². The van der Waals surface area contributed by atoms with Crippen molar-refractivity contribution in [1.29, 1.82) is 0 Å². The molecule has 8 N–H and O–H groups in total. The molecule has 2 saturated heterocycles. The van der Waals surface area contributed by atoms with Crippen LogP contribution in [0.25, 0.3) is 0 Å². The second-order valence-electron chi connectivity index (χ2n) is 29.0. The number of rotatable bonds is 16. The fraction of sp³-hybridized carbons (Fsp3) is 0.863. The average molecular weight is 1320 g/mol. The lowest BCUT2D eigenvalue weighted by atomic mass is 9.78. The van der Waals surface area contributed by atoms with Crippen molar-refractivity contribution < 1.29 is 97.8 Å². The summed E-state index contributed by atoms with van der Waals surface area (Å²) >= 11 is 0. The summed E-state index contributed by atoms with van der Waals surface area (Å²) in [6.07, 6.45) is 6.84. The van der Waals surface area contributed by atoms with Gasteiger partial charge in [-0.1, -0.05) is 84.9 Å². The first-order chi connectivity index (χ1) is 44.0. The molecule has 0 aromatic rings. The summed E-state index contributed by atoms with van der Waals surface area (Å²) in [6.45, 7) is 20.2. The van der Waals surface area contributed by atoms with E-state index in [-0.39, 0.29) is 117 Å². The van der Waals surface area contributed by atoms with E-state index >= 15 is 0 Å². The van der Waals surface area contributed by atoms with Gasteiger partial charge in [0.05, 0.1) is 122 Å². The molecule has 0 radical (unpaired) electrons. The number of aliphatic hydroxyl groups excluding tert-OH is 8. The van der Waals surface area contributed by atoms with Crippen LogP contribution < -0.4 is 0 Å². The van der Waals surface area contributed by atoms with Crippen molar-refractivity contribution >= 4 is 11.9 Å². The second kappa shape index (κ2) is 40.4. The molecule has 0 aromatic heterocycles. The van der Waals surface area contributed by atoms with Crippen molar-refractivity contribution in [2.75, 3.05) is 28.4 Å². The molecule has 20 nitrogen and oxygen atoms in total. The molecule has 0 spiro atoms. The highest BCUT2D eigenvalue weighted by Gasteiger charge is 2.42. The smallest absolute Gasteiger partial charge is 0.333 e. The molecule has 4 bridgehead atoms. The van der Waals surface area contributed by atoms with E-state index in [1.165, 1.54) is 0 Å². The van der Waals surface area contributed by atoms with Gasteiger partial charge in [0.15, 0.2) is 0 Å². The van der Waals surface area contributed by atoms with Gasteiger partial charge in [0.25, 0.3) is 0 Å². The SMILES string of the molecule is COC1CC(C)OC(CCC(C)C(O)C(C)C2OC(=O)C(C)=CCC(O)CC3C=CCC(CC(OC)C(C)C(O)CC(O)C(C)C(C(C)C(O)C(C)CCC4CC(OC)CC(C)O4)OC(=O)C(C)=CCC(O)CC4C=CCC(CC(OC)CC(O)CC(O)C2C)O4)O3)C1. The van der Waals surface area contributed by atoms with Gasteiger partial charge in [-0.05, 0) is 136 Å². The van der Waals surface area contributed by atoms with Crippen LogP contribution in [-0.2, 0) is 57.0 Å². The van der Waals surface area contributed by atoms with Gasteiger partial charge < -0.3 is 88.2 Å². The number of esters is 2. The molecule has 20 heteroatoms. The maximum absolute atomic E-state index is 14.2. The predicted octanol–water partition coefficient (Wildman–Crippen LogP) is 8.75. The summed E-state index contributed by atoms with van der Waals surface area (Å²) in [4.78, 5) is 28.3.